The average molecular weight is 440 g/mol. The largest absolute Gasteiger partial charge is 0.467 e. The van der Waals surface area contributed by atoms with E-state index in [1.54, 1.807) is 0 Å². The molecular formula is C27H24N2O4. The monoisotopic (exact) mass is 440 g/mol. The van der Waals surface area contributed by atoms with E-state index in [9.17, 15) is 14.7 Å². The van der Waals surface area contributed by atoms with E-state index in [4.69, 9.17) is 4.74 Å². The molecule has 1 aliphatic carbocycles. The highest BCUT2D eigenvalue weighted by molar-refractivity contribution is 6.12. The van der Waals surface area contributed by atoms with Crippen molar-refractivity contribution in [1.29, 1.82) is 0 Å². The second-order valence-electron chi connectivity index (χ2n) is 9.16. The summed E-state index contributed by atoms with van der Waals surface area (Å²) < 4.78 is 5.23. The standard InChI is InChI=1S/C27H24N2O4/c1-29-17-24(18-11-5-3-6-12-18)26(19-13-7-4-8-14-19,27(24,32)23(31)33-2)25(29)20-15-9-10-16-21(20)28-22(25)30/h3-16,32H,17H2,1-2H3,(H,28,30)/t24-,25-,26+,27-/m0/s1. The Labute approximate surface area is 191 Å². The number of likely N-dealkylation sites (N-methyl/N-ethyl adjacent to an activating group) is 1. The van der Waals surface area contributed by atoms with E-state index in [-0.39, 0.29) is 5.91 Å². The molecule has 3 aromatic carbocycles. The van der Waals surface area contributed by atoms with Crippen LogP contribution in [0.25, 0.3) is 0 Å². The first-order valence-corrected chi connectivity index (χ1v) is 11.0. The highest BCUT2D eigenvalue weighted by Gasteiger charge is 3.02. The van der Waals surface area contributed by atoms with Crippen molar-refractivity contribution in [3.8, 4) is 0 Å². The lowest BCUT2D eigenvalue weighted by atomic mass is 9.68. The number of piperidine rings is 1. The number of likely N-dealkylation sites (tertiary alicyclic amines) is 1. The number of nitrogens with one attached hydrogen (secondary N) is 1. The van der Waals surface area contributed by atoms with E-state index >= 15 is 0 Å². The number of fused-ring (bicyclic) bond motifs is 4. The fourth-order valence-corrected chi connectivity index (χ4v) is 7.23. The molecule has 2 aliphatic heterocycles. The number of hydrogen-bond donors (Lipinski definition) is 2. The third-order valence-electron chi connectivity index (χ3n) is 8.18. The van der Waals surface area contributed by atoms with Gasteiger partial charge in [-0.2, -0.15) is 0 Å². The van der Waals surface area contributed by atoms with Crippen LogP contribution >= 0.6 is 0 Å². The predicted molar refractivity (Wildman–Crippen MR) is 123 cm³/mol. The molecule has 33 heavy (non-hydrogen) atoms. The average Bonchev–Trinajstić information content (AvgIpc) is 3.06. The van der Waals surface area contributed by atoms with Gasteiger partial charge in [-0.1, -0.05) is 78.9 Å². The summed E-state index contributed by atoms with van der Waals surface area (Å²) in [6.45, 7) is 0.291. The summed E-state index contributed by atoms with van der Waals surface area (Å²) in [6, 6.07) is 26.5. The fraction of sp³-hybridized carbons (Fsp3) is 0.259. The summed E-state index contributed by atoms with van der Waals surface area (Å²) in [5.74, 6) is -0.993. The molecule has 166 valence electrons. The van der Waals surface area contributed by atoms with E-state index < -0.39 is 27.9 Å². The number of carbonyl (C=O) groups is 2. The topological polar surface area (TPSA) is 78.9 Å². The van der Waals surface area contributed by atoms with Crippen LogP contribution in [0.5, 0.6) is 0 Å². The normalized spacial score (nSPS) is 34.0. The molecule has 0 bridgehead atoms. The van der Waals surface area contributed by atoms with Crippen molar-refractivity contribution < 1.29 is 19.4 Å². The van der Waals surface area contributed by atoms with Gasteiger partial charge in [0.2, 0.25) is 0 Å². The van der Waals surface area contributed by atoms with Crippen LogP contribution in [0.15, 0.2) is 84.9 Å². The molecule has 0 unspecified atom stereocenters. The number of rotatable bonds is 3. The van der Waals surface area contributed by atoms with Gasteiger partial charge in [-0.3, -0.25) is 9.69 Å². The zero-order valence-electron chi connectivity index (χ0n) is 18.4. The Kier molecular flexibility index (Phi) is 3.85. The van der Waals surface area contributed by atoms with Crippen LogP contribution in [-0.2, 0) is 30.7 Å². The number of ether oxygens (including phenoxy) is 1. The molecule has 0 aromatic heterocycles. The van der Waals surface area contributed by atoms with Crippen molar-refractivity contribution in [2.75, 3.05) is 26.0 Å². The van der Waals surface area contributed by atoms with Gasteiger partial charge < -0.3 is 15.2 Å². The van der Waals surface area contributed by atoms with Gasteiger partial charge in [0, 0.05) is 17.8 Å². The summed E-state index contributed by atoms with van der Waals surface area (Å²) in [7, 11) is 3.17. The number of benzene rings is 3. The van der Waals surface area contributed by atoms with Gasteiger partial charge in [-0.25, -0.2) is 4.79 Å². The maximum atomic E-state index is 14.0. The first-order valence-electron chi connectivity index (χ1n) is 11.0. The van der Waals surface area contributed by atoms with Crippen molar-refractivity contribution in [2.24, 2.45) is 0 Å². The Balaban J connectivity index is 1.80. The molecule has 3 aromatic rings. The molecule has 3 aliphatic rings. The fourth-order valence-electron chi connectivity index (χ4n) is 7.23. The molecular weight excluding hydrogens is 416 g/mol. The molecule has 2 heterocycles. The van der Waals surface area contributed by atoms with Gasteiger partial charge in [0.05, 0.1) is 17.9 Å². The summed E-state index contributed by atoms with van der Waals surface area (Å²) in [5, 5.41) is 15.5. The first kappa shape index (κ1) is 20.1. The SMILES string of the molecule is COC(=O)[C@]1(O)[C@]2(c3ccccc3)CN(C)[C@@]3(C(=O)Nc4ccccc43)[C@]12c1ccccc1. The number of methoxy groups -OCH3 is 1. The zero-order valence-corrected chi connectivity index (χ0v) is 18.4. The van der Waals surface area contributed by atoms with Crippen LogP contribution in [-0.4, -0.2) is 48.2 Å². The van der Waals surface area contributed by atoms with Crippen molar-refractivity contribution in [3.63, 3.8) is 0 Å². The van der Waals surface area contributed by atoms with Gasteiger partial charge in [-0.15, -0.1) is 0 Å². The third-order valence-corrected chi connectivity index (χ3v) is 8.18. The minimum absolute atomic E-state index is 0.257. The van der Waals surface area contributed by atoms with Crippen molar-refractivity contribution >= 4 is 17.6 Å². The van der Waals surface area contributed by atoms with E-state index in [2.05, 4.69) is 5.32 Å². The third kappa shape index (κ3) is 1.84. The highest BCUT2D eigenvalue weighted by Crippen LogP contribution is 2.84. The quantitative estimate of drug-likeness (QED) is 0.612. The number of esters is 1. The van der Waals surface area contributed by atoms with Crippen molar-refractivity contribution in [1.82, 2.24) is 4.90 Å². The summed E-state index contributed by atoms with van der Waals surface area (Å²) >= 11 is 0. The van der Waals surface area contributed by atoms with Gasteiger partial charge >= 0.3 is 5.97 Å². The lowest BCUT2D eigenvalue weighted by Gasteiger charge is -2.41. The van der Waals surface area contributed by atoms with E-state index in [0.29, 0.717) is 12.2 Å². The molecule has 1 amide bonds. The van der Waals surface area contributed by atoms with E-state index in [1.165, 1.54) is 7.11 Å². The van der Waals surface area contributed by atoms with Crippen LogP contribution in [0.4, 0.5) is 5.69 Å². The summed E-state index contributed by atoms with van der Waals surface area (Å²) in [6.07, 6.45) is 0. The molecule has 1 saturated heterocycles. The Morgan fingerprint density at radius 3 is 2.15 bits per heavy atom. The zero-order chi connectivity index (χ0) is 23.1. The number of anilines is 1. The minimum atomic E-state index is -1.96. The van der Waals surface area contributed by atoms with Gasteiger partial charge in [0.15, 0.2) is 5.60 Å². The molecule has 2 N–H and O–H groups in total. The second kappa shape index (κ2) is 6.31. The van der Waals surface area contributed by atoms with Gasteiger partial charge in [-0.05, 0) is 24.2 Å². The molecule has 1 saturated carbocycles. The van der Waals surface area contributed by atoms with E-state index in [1.807, 2.05) is 96.9 Å². The van der Waals surface area contributed by atoms with Gasteiger partial charge in [0.25, 0.3) is 5.91 Å². The highest BCUT2D eigenvalue weighted by atomic mass is 16.5. The number of para-hydroxylation sites is 1. The van der Waals surface area contributed by atoms with Gasteiger partial charge in [0.1, 0.15) is 5.54 Å². The lowest BCUT2D eigenvalue weighted by molar-refractivity contribution is -0.160. The maximum absolute atomic E-state index is 14.0. The molecule has 4 atom stereocenters. The molecule has 6 nitrogen and oxygen atoms in total. The lowest BCUT2D eigenvalue weighted by Crippen LogP contribution is -2.59. The Hall–Kier alpha value is -3.48. The molecule has 6 rings (SSSR count). The smallest absolute Gasteiger partial charge is 0.339 e. The predicted octanol–water partition coefficient (Wildman–Crippen LogP) is 2.57. The molecule has 1 spiro atoms. The second-order valence-corrected chi connectivity index (χ2v) is 9.16. The summed E-state index contributed by atoms with van der Waals surface area (Å²) in [4.78, 5) is 29.5. The van der Waals surface area contributed by atoms with Crippen LogP contribution in [0.1, 0.15) is 16.7 Å². The maximum Gasteiger partial charge on any atom is 0.339 e. The van der Waals surface area contributed by atoms with Crippen molar-refractivity contribution in [3.05, 3.63) is 102 Å². The van der Waals surface area contributed by atoms with Crippen LogP contribution in [0.3, 0.4) is 0 Å². The number of hydrogen-bond acceptors (Lipinski definition) is 5. The Morgan fingerprint density at radius 1 is 0.939 bits per heavy atom. The first-order chi connectivity index (χ1) is 15.9. The van der Waals surface area contributed by atoms with E-state index in [0.717, 1.165) is 16.7 Å². The van der Waals surface area contributed by atoms with Crippen LogP contribution in [0, 0.1) is 0 Å². The number of aliphatic hydroxyl groups is 1. The Bertz CT molecular complexity index is 1300. The summed E-state index contributed by atoms with van der Waals surface area (Å²) in [5.41, 5.74) is -2.73. The van der Waals surface area contributed by atoms with Crippen LogP contribution < -0.4 is 5.32 Å². The minimum Gasteiger partial charge on any atom is -0.467 e. The molecule has 0 radical (unpaired) electrons. The van der Waals surface area contributed by atoms with Crippen molar-refractivity contribution in [2.45, 2.75) is 22.0 Å². The number of nitrogens with zero attached hydrogens (tertiary/aromatic N) is 1. The molecule has 6 heteroatoms. The van der Waals surface area contributed by atoms with Crippen LogP contribution in [0.2, 0.25) is 0 Å². The number of amides is 1. The Morgan fingerprint density at radius 2 is 1.52 bits per heavy atom. The number of carbonyl (C=O) groups excluding carboxylic acids is 2. The molecule has 2 fully saturated rings.